The number of carbonyl (C=O) groups is 1. The largest absolute Gasteiger partial charge is 0.543 e. The Morgan fingerprint density at radius 3 is 2.70 bits per heavy atom. The number of rotatable bonds is 4. The number of carbonyl (C=O) groups excluding carboxylic acids is 1. The van der Waals surface area contributed by atoms with E-state index in [1.54, 1.807) is 0 Å². The van der Waals surface area contributed by atoms with Crippen LogP contribution >= 0.6 is 0 Å². The van der Waals surface area contributed by atoms with E-state index in [1.165, 1.54) is 24.4 Å². The fraction of sp³-hybridized carbons (Fsp3) is 0.167. The zero-order chi connectivity index (χ0) is 14.8. The number of carboxylic acid groups (broad SMARTS) is 1. The first-order valence-electron chi connectivity index (χ1n) is 5.41. The van der Waals surface area contributed by atoms with Crippen molar-refractivity contribution in [1.29, 1.82) is 0 Å². The van der Waals surface area contributed by atoms with Crippen molar-refractivity contribution in [3.05, 3.63) is 47.8 Å². The predicted molar refractivity (Wildman–Crippen MR) is 58.6 cm³/mol. The first kappa shape index (κ1) is 13.9. The summed E-state index contributed by atoms with van der Waals surface area (Å²) in [5, 5.41) is 14.1. The Hall–Kier alpha value is -2.51. The van der Waals surface area contributed by atoms with Crippen molar-refractivity contribution >= 4 is 5.97 Å². The number of hydrogen-bond donors (Lipinski definition) is 0. The molecule has 2 aromatic rings. The summed E-state index contributed by atoms with van der Waals surface area (Å²) in [6.07, 6.45) is -3.13. The molecule has 8 heteroatoms. The summed E-state index contributed by atoms with van der Waals surface area (Å²) in [6, 6.07) is 5.55. The predicted octanol–water partition coefficient (Wildman–Crippen LogP) is 1.30. The van der Waals surface area contributed by atoms with Gasteiger partial charge in [0.2, 0.25) is 0 Å². The van der Waals surface area contributed by atoms with Crippen LogP contribution in [-0.4, -0.2) is 15.7 Å². The molecule has 0 atom stereocenters. The smallest absolute Gasteiger partial charge is 0.416 e. The van der Waals surface area contributed by atoms with Crippen LogP contribution in [0.15, 0.2) is 36.5 Å². The molecule has 106 valence electrons. The lowest BCUT2D eigenvalue weighted by atomic mass is 10.2. The van der Waals surface area contributed by atoms with Gasteiger partial charge in [-0.15, -0.1) is 0 Å². The van der Waals surface area contributed by atoms with E-state index in [4.69, 9.17) is 4.74 Å². The number of carboxylic acids is 1. The molecule has 0 aliphatic rings. The Morgan fingerprint density at radius 2 is 2.10 bits per heavy atom. The van der Waals surface area contributed by atoms with Crippen LogP contribution in [-0.2, 0) is 12.9 Å². The minimum Gasteiger partial charge on any atom is -0.543 e. The molecule has 0 bridgehead atoms. The molecule has 0 radical (unpaired) electrons. The second-order valence-corrected chi connectivity index (χ2v) is 3.83. The van der Waals surface area contributed by atoms with Gasteiger partial charge >= 0.3 is 6.18 Å². The summed E-state index contributed by atoms with van der Waals surface area (Å²) in [5.41, 5.74) is -1.11. The molecule has 1 aromatic carbocycles. The number of ether oxygens (including phenoxy) is 1. The molecular weight excluding hydrogens is 277 g/mol. The zero-order valence-electron chi connectivity index (χ0n) is 9.92. The quantitative estimate of drug-likeness (QED) is 0.849. The lowest BCUT2D eigenvalue weighted by Gasteiger charge is -2.10. The molecule has 0 saturated heterocycles. The standard InChI is InChI=1S/C12H9F3N2O3/c13-12(14,15)8-2-1-3-9(6-8)20-7-17-5-4-10(16-17)11(18)19/h1-6H,7H2,(H,18,19)/p-1. The van der Waals surface area contributed by atoms with Gasteiger partial charge in [-0.1, -0.05) is 6.07 Å². The average molecular weight is 285 g/mol. The molecule has 0 aliphatic heterocycles. The number of alkyl halides is 3. The van der Waals surface area contributed by atoms with E-state index in [-0.39, 0.29) is 18.2 Å². The highest BCUT2D eigenvalue weighted by molar-refractivity contribution is 5.83. The zero-order valence-corrected chi connectivity index (χ0v) is 9.92. The maximum Gasteiger partial charge on any atom is 0.416 e. The molecule has 2 rings (SSSR count). The van der Waals surface area contributed by atoms with Crippen molar-refractivity contribution in [3.63, 3.8) is 0 Å². The number of halogens is 3. The fourth-order valence-corrected chi connectivity index (χ4v) is 1.45. The lowest BCUT2D eigenvalue weighted by Crippen LogP contribution is -2.23. The summed E-state index contributed by atoms with van der Waals surface area (Å²) in [5.74, 6) is -1.44. The van der Waals surface area contributed by atoms with Crippen LogP contribution in [0.4, 0.5) is 13.2 Å². The molecule has 0 spiro atoms. The Morgan fingerprint density at radius 1 is 1.35 bits per heavy atom. The van der Waals surface area contributed by atoms with Crippen molar-refractivity contribution in [1.82, 2.24) is 9.78 Å². The number of benzene rings is 1. The van der Waals surface area contributed by atoms with Gasteiger partial charge in [-0.3, -0.25) is 0 Å². The van der Waals surface area contributed by atoms with Gasteiger partial charge in [0.15, 0.2) is 6.73 Å². The third-order valence-electron chi connectivity index (χ3n) is 2.37. The highest BCUT2D eigenvalue weighted by atomic mass is 19.4. The van der Waals surface area contributed by atoms with Crippen molar-refractivity contribution in [3.8, 4) is 5.75 Å². The Balaban J connectivity index is 2.05. The molecule has 5 nitrogen and oxygen atoms in total. The van der Waals surface area contributed by atoms with Crippen molar-refractivity contribution in [2.45, 2.75) is 12.9 Å². The van der Waals surface area contributed by atoms with Gasteiger partial charge < -0.3 is 14.6 Å². The average Bonchev–Trinajstić information content (AvgIpc) is 2.85. The maximum atomic E-state index is 12.5. The van der Waals surface area contributed by atoms with Crippen LogP contribution in [0.5, 0.6) is 5.75 Å². The highest BCUT2D eigenvalue weighted by Crippen LogP contribution is 2.31. The van der Waals surface area contributed by atoms with Gasteiger partial charge in [-0.05, 0) is 24.3 Å². The maximum absolute atomic E-state index is 12.5. The summed E-state index contributed by atoms with van der Waals surface area (Å²) >= 11 is 0. The summed E-state index contributed by atoms with van der Waals surface area (Å²) in [4.78, 5) is 10.5. The Bertz CT molecular complexity index is 622. The van der Waals surface area contributed by atoms with Crippen molar-refractivity contribution < 1.29 is 27.8 Å². The van der Waals surface area contributed by atoms with Gasteiger partial charge in [0.25, 0.3) is 0 Å². The van der Waals surface area contributed by atoms with Gasteiger partial charge in [0.1, 0.15) is 11.4 Å². The summed E-state index contributed by atoms with van der Waals surface area (Å²) < 4.78 is 43.7. The third-order valence-corrected chi connectivity index (χ3v) is 2.37. The SMILES string of the molecule is O=C([O-])c1ccn(COc2cccc(C(F)(F)F)c2)n1. The third kappa shape index (κ3) is 3.28. The number of aromatic carboxylic acids is 1. The molecule has 0 fully saturated rings. The molecule has 1 aromatic heterocycles. The van der Waals surface area contributed by atoms with E-state index < -0.39 is 17.7 Å². The topological polar surface area (TPSA) is 67.2 Å². The van der Waals surface area contributed by atoms with Crippen LogP contribution in [0.25, 0.3) is 0 Å². The summed E-state index contributed by atoms with van der Waals surface area (Å²) in [7, 11) is 0. The molecule has 0 amide bonds. The Kier molecular flexibility index (Phi) is 3.64. The monoisotopic (exact) mass is 285 g/mol. The number of hydrogen-bond acceptors (Lipinski definition) is 4. The fourth-order valence-electron chi connectivity index (χ4n) is 1.45. The van der Waals surface area contributed by atoms with Crippen LogP contribution in [0.3, 0.4) is 0 Å². The van der Waals surface area contributed by atoms with Crippen LogP contribution in [0.2, 0.25) is 0 Å². The Labute approximate surface area is 111 Å². The molecule has 20 heavy (non-hydrogen) atoms. The first-order chi connectivity index (χ1) is 9.36. The first-order valence-corrected chi connectivity index (χ1v) is 5.41. The van der Waals surface area contributed by atoms with Crippen LogP contribution in [0.1, 0.15) is 16.1 Å². The molecular formula is C12H8F3N2O3-. The molecule has 0 unspecified atom stereocenters. The van der Waals surface area contributed by atoms with Gasteiger partial charge in [0, 0.05) is 6.20 Å². The van der Waals surface area contributed by atoms with E-state index >= 15 is 0 Å². The molecule has 0 N–H and O–H groups in total. The van der Waals surface area contributed by atoms with E-state index in [1.807, 2.05) is 0 Å². The van der Waals surface area contributed by atoms with Gasteiger partial charge in [-0.2, -0.15) is 18.3 Å². The van der Waals surface area contributed by atoms with E-state index in [9.17, 15) is 23.1 Å². The van der Waals surface area contributed by atoms with Crippen molar-refractivity contribution in [2.24, 2.45) is 0 Å². The number of nitrogens with zero attached hydrogens (tertiary/aromatic N) is 2. The molecule has 0 saturated carbocycles. The summed E-state index contributed by atoms with van der Waals surface area (Å²) in [6.45, 7) is -0.214. The minimum atomic E-state index is -4.45. The van der Waals surface area contributed by atoms with Crippen LogP contribution < -0.4 is 9.84 Å². The molecule has 1 heterocycles. The lowest BCUT2D eigenvalue weighted by molar-refractivity contribution is -0.255. The number of aromatic nitrogens is 2. The van der Waals surface area contributed by atoms with Gasteiger partial charge in [-0.25, -0.2) is 4.68 Å². The van der Waals surface area contributed by atoms with E-state index in [0.29, 0.717) is 0 Å². The van der Waals surface area contributed by atoms with E-state index in [0.717, 1.165) is 16.8 Å². The second-order valence-electron chi connectivity index (χ2n) is 3.83. The molecule has 0 aliphatic carbocycles. The minimum absolute atomic E-state index is 0.00493. The van der Waals surface area contributed by atoms with Crippen LogP contribution in [0, 0.1) is 0 Å². The van der Waals surface area contributed by atoms with Crippen molar-refractivity contribution in [2.75, 3.05) is 0 Å². The second kappa shape index (κ2) is 5.24. The van der Waals surface area contributed by atoms with E-state index in [2.05, 4.69) is 5.10 Å². The normalized spacial score (nSPS) is 11.3. The highest BCUT2D eigenvalue weighted by Gasteiger charge is 2.30. The van der Waals surface area contributed by atoms with Gasteiger partial charge in [0.05, 0.1) is 11.5 Å².